The lowest BCUT2D eigenvalue weighted by molar-refractivity contribution is -0.113. The van der Waals surface area contributed by atoms with Crippen molar-refractivity contribution in [3.8, 4) is 5.75 Å². The number of methoxy groups -OCH3 is 1. The van der Waals surface area contributed by atoms with Gasteiger partial charge in [0.25, 0.3) is 0 Å². The predicted molar refractivity (Wildman–Crippen MR) is 109 cm³/mol. The van der Waals surface area contributed by atoms with E-state index in [1.54, 1.807) is 18.9 Å². The summed E-state index contributed by atoms with van der Waals surface area (Å²) in [4.78, 5) is 17.5. The van der Waals surface area contributed by atoms with Gasteiger partial charge in [-0.1, -0.05) is 42.5 Å². The first-order valence-corrected chi connectivity index (χ1v) is 10.2. The van der Waals surface area contributed by atoms with Gasteiger partial charge in [-0.3, -0.25) is 4.79 Å². The fourth-order valence-electron chi connectivity index (χ4n) is 2.38. The van der Waals surface area contributed by atoms with Crippen LogP contribution in [0.15, 0.2) is 60.8 Å². The highest BCUT2D eigenvalue weighted by molar-refractivity contribution is 7.99. The second-order valence-corrected chi connectivity index (χ2v) is 7.78. The second kappa shape index (κ2) is 9.40. The van der Waals surface area contributed by atoms with Crippen molar-refractivity contribution in [1.29, 1.82) is 0 Å². The van der Waals surface area contributed by atoms with Gasteiger partial charge in [-0.05, 0) is 23.3 Å². The maximum Gasteiger partial charge on any atom is 0.236 e. The molecule has 1 amide bonds. The van der Waals surface area contributed by atoms with Crippen molar-refractivity contribution in [3.05, 3.63) is 76.8 Å². The number of benzene rings is 2. The van der Waals surface area contributed by atoms with Gasteiger partial charge in [0, 0.05) is 23.2 Å². The number of aromatic nitrogens is 1. The third-order valence-corrected chi connectivity index (χ3v) is 5.60. The first-order valence-electron chi connectivity index (χ1n) is 8.22. The Morgan fingerprint density at radius 1 is 1.12 bits per heavy atom. The van der Waals surface area contributed by atoms with E-state index in [0.717, 1.165) is 22.8 Å². The monoisotopic (exact) mass is 384 g/mol. The molecule has 1 aromatic heterocycles. The maximum atomic E-state index is 12.1. The molecule has 2 aromatic carbocycles. The molecular formula is C20H20N2O2S2. The summed E-state index contributed by atoms with van der Waals surface area (Å²) in [5, 5.41) is 3.53. The van der Waals surface area contributed by atoms with Gasteiger partial charge in [-0.25, -0.2) is 4.98 Å². The van der Waals surface area contributed by atoms with Crippen LogP contribution in [-0.4, -0.2) is 23.8 Å². The number of ether oxygens (including phenoxy) is 1. The van der Waals surface area contributed by atoms with Crippen LogP contribution in [0, 0.1) is 0 Å². The number of hydrogen-bond acceptors (Lipinski definition) is 5. The Bertz CT molecular complexity index is 833. The standard InChI is InChI=1S/C20H20N2O2S2/c1-24-17-9-7-15(8-10-17)11-18-12-21-20(26-18)22-19(23)14-25-13-16-5-3-2-4-6-16/h2-10,12H,11,13-14H2,1H3,(H,21,22,23). The van der Waals surface area contributed by atoms with E-state index < -0.39 is 0 Å². The van der Waals surface area contributed by atoms with E-state index in [4.69, 9.17) is 4.74 Å². The average Bonchev–Trinajstić information content (AvgIpc) is 3.10. The smallest absolute Gasteiger partial charge is 0.236 e. The van der Waals surface area contributed by atoms with Crippen LogP contribution in [0.4, 0.5) is 5.13 Å². The summed E-state index contributed by atoms with van der Waals surface area (Å²) < 4.78 is 5.17. The van der Waals surface area contributed by atoms with Crippen LogP contribution >= 0.6 is 23.1 Å². The Morgan fingerprint density at radius 2 is 1.88 bits per heavy atom. The molecule has 0 spiro atoms. The molecule has 0 bridgehead atoms. The number of thiazole rings is 1. The van der Waals surface area contributed by atoms with E-state index in [9.17, 15) is 4.79 Å². The molecule has 4 nitrogen and oxygen atoms in total. The predicted octanol–water partition coefficient (Wildman–Crippen LogP) is 4.61. The van der Waals surface area contributed by atoms with Gasteiger partial charge in [0.05, 0.1) is 12.9 Å². The summed E-state index contributed by atoms with van der Waals surface area (Å²) in [7, 11) is 1.66. The van der Waals surface area contributed by atoms with Gasteiger partial charge in [0.15, 0.2) is 5.13 Å². The molecular weight excluding hydrogens is 364 g/mol. The first-order chi connectivity index (χ1) is 12.7. The van der Waals surface area contributed by atoms with Gasteiger partial charge in [0.1, 0.15) is 5.75 Å². The van der Waals surface area contributed by atoms with Gasteiger partial charge < -0.3 is 10.1 Å². The van der Waals surface area contributed by atoms with Crippen molar-refractivity contribution in [2.45, 2.75) is 12.2 Å². The van der Waals surface area contributed by atoms with Crippen molar-refractivity contribution >= 4 is 34.1 Å². The number of carbonyl (C=O) groups excluding carboxylic acids is 1. The molecule has 134 valence electrons. The molecule has 0 radical (unpaired) electrons. The SMILES string of the molecule is COc1ccc(Cc2cnc(NC(=O)CSCc3ccccc3)s2)cc1. The molecule has 0 atom stereocenters. The van der Waals surface area contributed by atoms with Gasteiger partial charge >= 0.3 is 0 Å². The third kappa shape index (κ3) is 5.61. The van der Waals surface area contributed by atoms with Crippen molar-refractivity contribution in [2.24, 2.45) is 0 Å². The number of thioether (sulfide) groups is 1. The Morgan fingerprint density at radius 3 is 2.62 bits per heavy atom. The van der Waals surface area contributed by atoms with E-state index in [2.05, 4.69) is 22.4 Å². The fraction of sp³-hybridized carbons (Fsp3) is 0.200. The summed E-state index contributed by atoms with van der Waals surface area (Å²) in [5.41, 5.74) is 2.41. The molecule has 0 saturated heterocycles. The highest BCUT2D eigenvalue weighted by atomic mass is 32.2. The zero-order valence-electron chi connectivity index (χ0n) is 14.5. The van der Waals surface area contributed by atoms with Crippen LogP contribution < -0.4 is 10.1 Å². The number of rotatable bonds is 8. The van der Waals surface area contributed by atoms with Gasteiger partial charge in [-0.15, -0.1) is 23.1 Å². The van der Waals surface area contributed by atoms with Crippen molar-refractivity contribution in [1.82, 2.24) is 4.98 Å². The minimum atomic E-state index is -0.0173. The summed E-state index contributed by atoms with van der Waals surface area (Å²) in [6.45, 7) is 0. The third-order valence-electron chi connectivity index (χ3n) is 3.68. The zero-order valence-corrected chi connectivity index (χ0v) is 16.1. The lowest BCUT2D eigenvalue weighted by atomic mass is 10.1. The molecule has 1 N–H and O–H groups in total. The minimum absolute atomic E-state index is 0.0173. The number of nitrogens with zero attached hydrogens (tertiary/aromatic N) is 1. The van der Waals surface area contributed by atoms with E-state index in [0.29, 0.717) is 10.9 Å². The zero-order chi connectivity index (χ0) is 18.2. The second-order valence-electron chi connectivity index (χ2n) is 5.68. The van der Waals surface area contributed by atoms with E-state index in [-0.39, 0.29) is 5.91 Å². The summed E-state index contributed by atoms with van der Waals surface area (Å²) in [6.07, 6.45) is 2.61. The molecule has 3 aromatic rings. The molecule has 0 aliphatic rings. The Balaban J connectivity index is 1.45. The lowest BCUT2D eigenvalue weighted by Gasteiger charge is -2.03. The Kier molecular flexibility index (Phi) is 6.68. The molecule has 6 heteroatoms. The van der Waals surface area contributed by atoms with Crippen LogP contribution in [0.25, 0.3) is 0 Å². The van der Waals surface area contributed by atoms with Crippen LogP contribution in [0.3, 0.4) is 0 Å². The van der Waals surface area contributed by atoms with Crippen LogP contribution in [0.1, 0.15) is 16.0 Å². The molecule has 0 saturated carbocycles. The van der Waals surface area contributed by atoms with Crippen LogP contribution in [0.5, 0.6) is 5.75 Å². The summed E-state index contributed by atoms with van der Waals surface area (Å²) >= 11 is 3.11. The number of anilines is 1. The molecule has 3 rings (SSSR count). The molecule has 26 heavy (non-hydrogen) atoms. The normalized spacial score (nSPS) is 10.5. The van der Waals surface area contributed by atoms with Crippen LogP contribution in [0.2, 0.25) is 0 Å². The molecule has 0 unspecified atom stereocenters. The topological polar surface area (TPSA) is 51.2 Å². The minimum Gasteiger partial charge on any atom is -0.497 e. The van der Waals surface area contributed by atoms with Crippen molar-refractivity contribution in [2.75, 3.05) is 18.2 Å². The quantitative estimate of drug-likeness (QED) is 0.616. The highest BCUT2D eigenvalue weighted by Gasteiger charge is 2.08. The van der Waals surface area contributed by atoms with E-state index in [1.165, 1.54) is 22.5 Å². The lowest BCUT2D eigenvalue weighted by Crippen LogP contribution is -2.13. The van der Waals surface area contributed by atoms with Gasteiger partial charge in [0.2, 0.25) is 5.91 Å². The summed E-state index contributed by atoms with van der Waals surface area (Å²) in [5.74, 6) is 2.08. The van der Waals surface area contributed by atoms with Crippen LogP contribution in [-0.2, 0) is 17.0 Å². The molecule has 0 aliphatic heterocycles. The molecule has 0 fully saturated rings. The number of hydrogen-bond donors (Lipinski definition) is 1. The molecule has 1 heterocycles. The fourth-order valence-corrected chi connectivity index (χ4v) is 4.03. The van der Waals surface area contributed by atoms with E-state index >= 15 is 0 Å². The van der Waals surface area contributed by atoms with E-state index in [1.807, 2.05) is 48.7 Å². The molecule has 0 aliphatic carbocycles. The summed E-state index contributed by atoms with van der Waals surface area (Å²) in [6, 6.07) is 18.1. The van der Waals surface area contributed by atoms with Crippen molar-refractivity contribution < 1.29 is 9.53 Å². The number of nitrogens with one attached hydrogen (secondary N) is 1. The number of carbonyl (C=O) groups is 1. The highest BCUT2D eigenvalue weighted by Crippen LogP contribution is 2.22. The van der Waals surface area contributed by atoms with Gasteiger partial charge in [-0.2, -0.15) is 0 Å². The number of amides is 1. The first kappa shape index (κ1) is 18.5. The maximum absolute atomic E-state index is 12.1. The Labute approximate surface area is 161 Å². The van der Waals surface area contributed by atoms with Crippen molar-refractivity contribution in [3.63, 3.8) is 0 Å². The Hall–Kier alpha value is -2.31. The average molecular weight is 385 g/mol. The largest absolute Gasteiger partial charge is 0.497 e.